The third-order valence-electron chi connectivity index (χ3n) is 4.70. The van der Waals surface area contributed by atoms with Gasteiger partial charge in [-0.05, 0) is 43.4 Å². The van der Waals surface area contributed by atoms with Crippen molar-refractivity contribution in [2.45, 2.75) is 33.2 Å². The zero-order chi connectivity index (χ0) is 19.2. The number of piperidine rings is 1. The van der Waals surface area contributed by atoms with Crippen molar-refractivity contribution in [2.75, 3.05) is 24.6 Å². The summed E-state index contributed by atoms with van der Waals surface area (Å²) in [6.45, 7) is 7.08. The zero-order valence-electron chi connectivity index (χ0n) is 15.7. The molecule has 0 unspecified atom stereocenters. The lowest BCUT2D eigenvalue weighted by atomic mass is 9.99. The standard InChI is InChI=1S/C20H25ClN4O2/c1-3-27-18-7-5-16(21)19(24-18)20(26)23-13-15-4-6-17(22-12-15)25-10-8-14(2)9-11-25/h4-7,12,14H,3,8-11,13H2,1-2H3,(H,23,26). The quantitative estimate of drug-likeness (QED) is 0.817. The second-order valence-electron chi connectivity index (χ2n) is 6.79. The van der Waals surface area contributed by atoms with E-state index in [0.29, 0.717) is 24.1 Å². The number of rotatable bonds is 6. The van der Waals surface area contributed by atoms with E-state index in [1.54, 1.807) is 18.3 Å². The number of aromatic nitrogens is 2. The monoisotopic (exact) mass is 388 g/mol. The summed E-state index contributed by atoms with van der Waals surface area (Å²) in [6.07, 6.45) is 4.21. The first kappa shape index (κ1) is 19.4. The molecule has 0 aromatic carbocycles. The molecule has 7 heteroatoms. The van der Waals surface area contributed by atoms with E-state index in [9.17, 15) is 4.79 Å². The molecule has 2 aromatic heterocycles. The van der Waals surface area contributed by atoms with Crippen LogP contribution < -0.4 is 15.0 Å². The van der Waals surface area contributed by atoms with Crippen molar-refractivity contribution in [2.24, 2.45) is 5.92 Å². The van der Waals surface area contributed by atoms with Crippen LogP contribution >= 0.6 is 11.6 Å². The van der Waals surface area contributed by atoms with E-state index in [1.807, 2.05) is 19.1 Å². The largest absolute Gasteiger partial charge is 0.478 e. The number of anilines is 1. The first-order valence-electron chi connectivity index (χ1n) is 9.34. The summed E-state index contributed by atoms with van der Waals surface area (Å²) in [4.78, 5) is 23.4. The van der Waals surface area contributed by atoms with Crippen LogP contribution in [0.1, 0.15) is 42.7 Å². The zero-order valence-corrected chi connectivity index (χ0v) is 16.5. The Morgan fingerprint density at radius 1 is 1.30 bits per heavy atom. The van der Waals surface area contributed by atoms with Crippen molar-refractivity contribution in [1.82, 2.24) is 15.3 Å². The first-order chi connectivity index (χ1) is 13.1. The molecular weight excluding hydrogens is 364 g/mol. The second kappa shape index (κ2) is 9.04. The number of halogens is 1. The first-order valence-corrected chi connectivity index (χ1v) is 9.72. The van der Waals surface area contributed by atoms with Gasteiger partial charge in [0.2, 0.25) is 5.88 Å². The average molecular weight is 389 g/mol. The maximum atomic E-state index is 12.4. The summed E-state index contributed by atoms with van der Waals surface area (Å²) >= 11 is 6.09. The third kappa shape index (κ3) is 5.10. The van der Waals surface area contributed by atoms with Gasteiger partial charge in [-0.1, -0.05) is 24.6 Å². The van der Waals surface area contributed by atoms with Gasteiger partial charge in [0.1, 0.15) is 5.82 Å². The summed E-state index contributed by atoms with van der Waals surface area (Å²) in [5.74, 6) is 1.83. The minimum atomic E-state index is -0.337. The maximum absolute atomic E-state index is 12.4. The van der Waals surface area contributed by atoms with Crippen LogP contribution in [0.15, 0.2) is 30.5 Å². The molecule has 27 heavy (non-hydrogen) atoms. The SMILES string of the molecule is CCOc1ccc(Cl)c(C(=O)NCc2ccc(N3CCC(C)CC3)nc2)n1. The van der Waals surface area contributed by atoms with Gasteiger partial charge in [0.25, 0.3) is 5.91 Å². The molecule has 144 valence electrons. The van der Waals surface area contributed by atoms with E-state index in [-0.39, 0.29) is 11.6 Å². The third-order valence-corrected chi connectivity index (χ3v) is 5.00. The molecule has 0 atom stereocenters. The number of carbonyl (C=O) groups excluding carboxylic acids is 1. The van der Waals surface area contributed by atoms with E-state index >= 15 is 0 Å². The van der Waals surface area contributed by atoms with Gasteiger partial charge in [-0.15, -0.1) is 0 Å². The van der Waals surface area contributed by atoms with Gasteiger partial charge in [-0.3, -0.25) is 4.79 Å². The molecule has 1 aliphatic rings. The van der Waals surface area contributed by atoms with Crippen LogP contribution in [0, 0.1) is 5.92 Å². The maximum Gasteiger partial charge on any atom is 0.271 e. The molecule has 3 heterocycles. The number of hydrogen-bond donors (Lipinski definition) is 1. The number of ether oxygens (including phenoxy) is 1. The fraction of sp³-hybridized carbons (Fsp3) is 0.450. The summed E-state index contributed by atoms with van der Waals surface area (Å²) < 4.78 is 5.33. The number of nitrogens with one attached hydrogen (secondary N) is 1. The fourth-order valence-electron chi connectivity index (χ4n) is 3.02. The van der Waals surface area contributed by atoms with Crippen LogP contribution in [-0.2, 0) is 6.54 Å². The Hall–Kier alpha value is -2.34. The highest BCUT2D eigenvalue weighted by Crippen LogP contribution is 2.21. The van der Waals surface area contributed by atoms with E-state index in [1.165, 1.54) is 12.8 Å². The van der Waals surface area contributed by atoms with Gasteiger partial charge in [0.15, 0.2) is 5.69 Å². The number of carbonyl (C=O) groups is 1. The van der Waals surface area contributed by atoms with Crippen molar-refractivity contribution in [3.05, 3.63) is 46.7 Å². The number of hydrogen-bond acceptors (Lipinski definition) is 5. The van der Waals surface area contributed by atoms with E-state index in [2.05, 4.69) is 27.1 Å². The van der Waals surface area contributed by atoms with Gasteiger partial charge < -0.3 is 15.0 Å². The molecule has 1 N–H and O–H groups in total. The van der Waals surface area contributed by atoms with Crippen molar-refractivity contribution >= 4 is 23.3 Å². The fourth-order valence-corrected chi connectivity index (χ4v) is 3.21. The smallest absolute Gasteiger partial charge is 0.271 e. The molecule has 1 fully saturated rings. The van der Waals surface area contributed by atoms with Crippen LogP contribution in [0.3, 0.4) is 0 Å². The van der Waals surface area contributed by atoms with E-state index in [4.69, 9.17) is 16.3 Å². The highest BCUT2D eigenvalue weighted by atomic mass is 35.5. The highest BCUT2D eigenvalue weighted by Gasteiger charge is 2.17. The van der Waals surface area contributed by atoms with E-state index in [0.717, 1.165) is 30.4 Å². The molecule has 0 spiro atoms. The Morgan fingerprint density at radius 3 is 2.74 bits per heavy atom. The molecule has 3 rings (SSSR count). The molecule has 0 bridgehead atoms. The molecule has 6 nitrogen and oxygen atoms in total. The minimum Gasteiger partial charge on any atom is -0.478 e. The van der Waals surface area contributed by atoms with Crippen molar-refractivity contribution < 1.29 is 9.53 Å². The summed E-state index contributed by atoms with van der Waals surface area (Å²) in [6, 6.07) is 7.27. The Labute approximate surface area is 164 Å². The second-order valence-corrected chi connectivity index (χ2v) is 7.20. The van der Waals surface area contributed by atoms with Crippen molar-refractivity contribution in [3.63, 3.8) is 0 Å². The summed E-state index contributed by atoms with van der Waals surface area (Å²) in [5.41, 5.74) is 1.09. The van der Waals surface area contributed by atoms with Crippen LogP contribution in [0.2, 0.25) is 5.02 Å². The van der Waals surface area contributed by atoms with Gasteiger partial charge in [-0.25, -0.2) is 9.97 Å². The molecule has 2 aromatic rings. The summed E-state index contributed by atoms with van der Waals surface area (Å²) in [7, 11) is 0. The summed E-state index contributed by atoms with van der Waals surface area (Å²) in [5, 5.41) is 3.13. The molecule has 1 saturated heterocycles. The van der Waals surface area contributed by atoms with Gasteiger partial charge >= 0.3 is 0 Å². The van der Waals surface area contributed by atoms with Crippen molar-refractivity contribution in [1.29, 1.82) is 0 Å². The number of pyridine rings is 2. The topological polar surface area (TPSA) is 67.3 Å². The molecule has 1 aliphatic heterocycles. The lowest BCUT2D eigenvalue weighted by Gasteiger charge is -2.31. The molecule has 0 aliphatic carbocycles. The normalized spacial score (nSPS) is 14.9. The molecule has 0 saturated carbocycles. The predicted molar refractivity (Wildman–Crippen MR) is 106 cm³/mol. The Bertz CT molecular complexity index is 774. The lowest BCUT2D eigenvalue weighted by Crippen LogP contribution is -2.33. The van der Waals surface area contributed by atoms with Crippen LogP contribution in [0.4, 0.5) is 5.82 Å². The Kier molecular flexibility index (Phi) is 6.50. The minimum absolute atomic E-state index is 0.162. The molecule has 1 amide bonds. The lowest BCUT2D eigenvalue weighted by molar-refractivity contribution is 0.0945. The predicted octanol–water partition coefficient (Wildman–Crippen LogP) is 3.70. The Morgan fingerprint density at radius 2 is 2.07 bits per heavy atom. The average Bonchev–Trinajstić information content (AvgIpc) is 2.69. The van der Waals surface area contributed by atoms with E-state index < -0.39 is 0 Å². The van der Waals surface area contributed by atoms with Crippen LogP contribution in [0.25, 0.3) is 0 Å². The molecule has 0 radical (unpaired) electrons. The highest BCUT2D eigenvalue weighted by molar-refractivity contribution is 6.33. The van der Waals surface area contributed by atoms with Crippen LogP contribution in [-0.4, -0.2) is 35.6 Å². The molecular formula is C20H25ClN4O2. The van der Waals surface area contributed by atoms with Crippen molar-refractivity contribution in [3.8, 4) is 5.88 Å². The number of amides is 1. The number of nitrogens with zero attached hydrogens (tertiary/aromatic N) is 3. The van der Waals surface area contributed by atoms with Gasteiger partial charge in [-0.2, -0.15) is 0 Å². The Balaban J connectivity index is 1.58. The van der Waals surface area contributed by atoms with Gasteiger partial charge in [0, 0.05) is 31.9 Å². The van der Waals surface area contributed by atoms with Gasteiger partial charge in [0.05, 0.1) is 11.6 Å². The van der Waals surface area contributed by atoms with Crippen LogP contribution in [0.5, 0.6) is 5.88 Å².